The summed E-state index contributed by atoms with van der Waals surface area (Å²) in [7, 11) is 1.65. The fraction of sp³-hybridized carbons (Fsp3) is 0.0323. The van der Waals surface area contributed by atoms with E-state index in [1.165, 1.54) is 11.3 Å². The first kappa shape index (κ1) is 22.8. The Bertz CT molecular complexity index is 1750. The van der Waals surface area contributed by atoms with Gasteiger partial charge in [0.2, 0.25) is 0 Å². The van der Waals surface area contributed by atoms with E-state index in [1.807, 2.05) is 72.8 Å². The molecule has 0 aliphatic rings. The summed E-state index contributed by atoms with van der Waals surface area (Å²) in [5, 5.41) is 5.98. The van der Waals surface area contributed by atoms with Crippen molar-refractivity contribution in [1.29, 1.82) is 0 Å². The van der Waals surface area contributed by atoms with E-state index in [9.17, 15) is 4.79 Å². The minimum Gasteiger partial charge on any atom is -0.497 e. The number of rotatable bonds is 5. The van der Waals surface area contributed by atoms with Crippen LogP contribution in [0.4, 0.5) is 11.4 Å². The van der Waals surface area contributed by atoms with Gasteiger partial charge < -0.3 is 15.8 Å². The molecule has 180 valence electrons. The first-order chi connectivity index (χ1) is 18.1. The molecule has 0 unspecified atom stereocenters. The van der Waals surface area contributed by atoms with Crippen LogP contribution in [0.5, 0.6) is 5.75 Å². The SMILES string of the molecule is COc1ccc(-c2cc(-c3cccc4ccccc34)nc3sc(C(=O)Nc4ccccc4)c(N)c23)cc1. The standard InChI is InChI=1S/C31H23N3O2S/c1-36-22-16-14-20(15-17-22)25-18-26(24-13-7-9-19-8-5-6-12-23(19)24)34-31-27(25)28(32)29(37-31)30(35)33-21-10-3-2-4-11-21/h2-18H,32H2,1H3,(H,33,35). The Kier molecular flexibility index (Phi) is 5.79. The molecule has 0 spiro atoms. The fourth-order valence-corrected chi connectivity index (χ4v) is 5.60. The van der Waals surface area contributed by atoms with Gasteiger partial charge in [-0.25, -0.2) is 4.98 Å². The molecule has 6 aromatic rings. The molecule has 5 nitrogen and oxygen atoms in total. The zero-order chi connectivity index (χ0) is 25.4. The van der Waals surface area contributed by atoms with E-state index in [2.05, 4.69) is 35.6 Å². The summed E-state index contributed by atoms with van der Waals surface area (Å²) in [6.07, 6.45) is 0. The van der Waals surface area contributed by atoms with Gasteiger partial charge in [0.05, 0.1) is 18.5 Å². The number of pyridine rings is 1. The van der Waals surface area contributed by atoms with Crippen molar-refractivity contribution in [2.45, 2.75) is 0 Å². The van der Waals surface area contributed by atoms with Crippen LogP contribution in [0.2, 0.25) is 0 Å². The lowest BCUT2D eigenvalue weighted by Gasteiger charge is -2.11. The number of nitrogens with one attached hydrogen (secondary N) is 1. The summed E-state index contributed by atoms with van der Waals surface area (Å²) >= 11 is 1.31. The second-order valence-corrected chi connectivity index (χ2v) is 9.65. The quantitative estimate of drug-likeness (QED) is 0.255. The monoisotopic (exact) mass is 501 g/mol. The van der Waals surface area contributed by atoms with E-state index < -0.39 is 0 Å². The molecular weight excluding hydrogens is 478 g/mol. The third-order valence-corrected chi connectivity index (χ3v) is 7.50. The number of anilines is 2. The van der Waals surface area contributed by atoms with Crippen LogP contribution in [0, 0.1) is 0 Å². The average Bonchev–Trinajstić information content (AvgIpc) is 3.29. The normalized spacial score (nSPS) is 11.1. The number of fused-ring (bicyclic) bond motifs is 2. The van der Waals surface area contributed by atoms with E-state index in [0.29, 0.717) is 21.1 Å². The number of benzene rings is 4. The van der Waals surface area contributed by atoms with Crippen molar-refractivity contribution in [3.05, 3.63) is 108 Å². The smallest absolute Gasteiger partial charge is 0.267 e. The van der Waals surface area contributed by atoms with E-state index >= 15 is 0 Å². The number of para-hydroxylation sites is 1. The lowest BCUT2D eigenvalue weighted by Crippen LogP contribution is -2.11. The molecule has 6 heteroatoms. The zero-order valence-corrected chi connectivity index (χ0v) is 20.9. The minimum atomic E-state index is -0.251. The molecule has 0 aliphatic carbocycles. The van der Waals surface area contributed by atoms with Crippen molar-refractivity contribution >= 4 is 49.6 Å². The molecule has 2 heterocycles. The Morgan fingerprint density at radius 3 is 2.38 bits per heavy atom. The van der Waals surface area contributed by atoms with Gasteiger partial charge in [-0.15, -0.1) is 11.3 Å². The maximum atomic E-state index is 13.2. The zero-order valence-electron chi connectivity index (χ0n) is 20.1. The number of nitrogen functional groups attached to an aromatic ring is 1. The van der Waals surface area contributed by atoms with E-state index in [4.69, 9.17) is 15.5 Å². The second-order valence-electron chi connectivity index (χ2n) is 8.66. The van der Waals surface area contributed by atoms with Crippen LogP contribution in [-0.4, -0.2) is 18.0 Å². The van der Waals surface area contributed by atoms with Crippen molar-refractivity contribution < 1.29 is 9.53 Å². The molecule has 0 saturated carbocycles. The van der Waals surface area contributed by atoms with Gasteiger partial charge in [-0.1, -0.05) is 72.8 Å². The van der Waals surface area contributed by atoms with Crippen LogP contribution in [0.25, 0.3) is 43.4 Å². The minimum absolute atomic E-state index is 0.251. The fourth-order valence-electron chi connectivity index (χ4n) is 4.58. The van der Waals surface area contributed by atoms with Crippen molar-refractivity contribution in [3.8, 4) is 28.1 Å². The third kappa shape index (κ3) is 4.17. The summed E-state index contributed by atoms with van der Waals surface area (Å²) in [6.45, 7) is 0. The molecule has 0 bridgehead atoms. The highest BCUT2D eigenvalue weighted by Crippen LogP contribution is 2.42. The Morgan fingerprint density at radius 2 is 1.59 bits per heavy atom. The van der Waals surface area contributed by atoms with Crippen molar-refractivity contribution in [1.82, 2.24) is 4.98 Å². The number of amides is 1. The molecule has 0 radical (unpaired) electrons. The van der Waals surface area contributed by atoms with E-state index in [0.717, 1.165) is 44.3 Å². The number of hydrogen-bond donors (Lipinski definition) is 2. The predicted molar refractivity (Wildman–Crippen MR) is 153 cm³/mol. The van der Waals surface area contributed by atoms with Gasteiger partial charge in [-0.2, -0.15) is 0 Å². The van der Waals surface area contributed by atoms with Gasteiger partial charge in [0.25, 0.3) is 5.91 Å². The Labute approximate surface area is 218 Å². The molecular formula is C31H23N3O2S. The number of nitrogens with zero attached hydrogens (tertiary/aromatic N) is 1. The molecule has 3 N–H and O–H groups in total. The summed E-state index contributed by atoms with van der Waals surface area (Å²) in [4.78, 5) is 19.4. The number of carbonyl (C=O) groups is 1. The molecule has 4 aromatic carbocycles. The van der Waals surface area contributed by atoms with E-state index in [1.54, 1.807) is 7.11 Å². The number of methoxy groups -OCH3 is 1. The lowest BCUT2D eigenvalue weighted by molar-refractivity contribution is 0.103. The topological polar surface area (TPSA) is 77.2 Å². The number of aromatic nitrogens is 1. The van der Waals surface area contributed by atoms with Crippen LogP contribution < -0.4 is 15.8 Å². The highest BCUT2D eigenvalue weighted by Gasteiger charge is 2.22. The van der Waals surface area contributed by atoms with Crippen LogP contribution in [-0.2, 0) is 0 Å². The molecule has 37 heavy (non-hydrogen) atoms. The van der Waals surface area contributed by atoms with Gasteiger partial charge in [0.15, 0.2) is 0 Å². The first-order valence-corrected chi connectivity index (χ1v) is 12.7. The summed E-state index contributed by atoms with van der Waals surface area (Å²) in [5.74, 6) is 0.517. The number of thiophene rings is 1. The first-order valence-electron chi connectivity index (χ1n) is 11.8. The second kappa shape index (κ2) is 9.41. The molecule has 0 fully saturated rings. The van der Waals surface area contributed by atoms with Gasteiger partial charge in [0, 0.05) is 16.6 Å². The summed E-state index contributed by atoms with van der Waals surface area (Å²) in [6, 6.07) is 33.7. The van der Waals surface area contributed by atoms with Gasteiger partial charge in [-0.3, -0.25) is 4.79 Å². The van der Waals surface area contributed by atoms with Gasteiger partial charge >= 0.3 is 0 Å². The molecule has 6 rings (SSSR count). The molecule has 0 saturated heterocycles. The van der Waals surface area contributed by atoms with Crippen LogP contribution in [0.1, 0.15) is 9.67 Å². The molecule has 2 aromatic heterocycles. The molecule has 0 aliphatic heterocycles. The van der Waals surface area contributed by atoms with Crippen LogP contribution >= 0.6 is 11.3 Å². The summed E-state index contributed by atoms with van der Waals surface area (Å²) < 4.78 is 5.36. The Hall–Kier alpha value is -4.68. The maximum Gasteiger partial charge on any atom is 0.267 e. The van der Waals surface area contributed by atoms with Crippen molar-refractivity contribution in [2.24, 2.45) is 0 Å². The van der Waals surface area contributed by atoms with Crippen molar-refractivity contribution in [2.75, 3.05) is 18.2 Å². The Morgan fingerprint density at radius 1 is 0.865 bits per heavy atom. The highest BCUT2D eigenvalue weighted by molar-refractivity contribution is 7.21. The highest BCUT2D eigenvalue weighted by atomic mass is 32.1. The summed E-state index contributed by atoms with van der Waals surface area (Å²) in [5.41, 5.74) is 11.5. The average molecular weight is 502 g/mol. The molecule has 0 atom stereocenters. The number of nitrogens with two attached hydrogens (primary N) is 1. The molecule has 1 amide bonds. The van der Waals surface area contributed by atoms with E-state index in [-0.39, 0.29) is 5.91 Å². The predicted octanol–water partition coefficient (Wildman–Crippen LogP) is 7.63. The third-order valence-electron chi connectivity index (χ3n) is 6.40. The van der Waals surface area contributed by atoms with Crippen LogP contribution in [0.15, 0.2) is 103 Å². The number of hydrogen-bond acceptors (Lipinski definition) is 5. The maximum absolute atomic E-state index is 13.2. The van der Waals surface area contributed by atoms with Crippen molar-refractivity contribution in [3.63, 3.8) is 0 Å². The largest absolute Gasteiger partial charge is 0.497 e. The lowest BCUT2D eigenvalue weighted by atomic mass is 9.97. The Balaban J connectivity index is 1.56. The number of carbonyl (C=O) groups excluding carboxylic acids is 1. The number of ether oxygens (including phenoxy) is 1. The van der Waals surface area contributed by atoms with Gasteiger partial charge in [0.1, 0.15) is 15.5 Å². The van der Waals surface area contributed by atoms with Crippen LogP contribution in [0.3, 0.4) is 0 Å². The van der Waals surface area contributed by atoms with Gasteiger partial charge in [-0.05, 0) is 52.2 Å².